The second-order valence-corrected chi connectivity index (χ2v) is 4.57. The molecule has 1 N–H and O–H groups in total. The van der Waals surface area contributed by atoms with Crippen molar-refractivity contribution >= 4 is 0 Å². The van der Waals surface area contributed by atoms with E-state index in [0.717, 1.165) is 13.1 Å². The first-order valence-corrected chi connectivity index (χ1v) is 6.69. The molecule has 0 aliphatic carbocycles. The number of nitrogens with one attached hydrogen (secondary N) is 1. The van der Waals surface area contributed by atoms with Crippen LogP contribution in [0.15, 0.2) is 30.3 Å². The number of likely N-dealkylation sites (N-methyl/N-ethyl adjacent to an activating group) is 2. The monoisotopic (exact) mass is 234 g/mol. The lowest BCUT2D eigenvalue weighted by Gasteiger charge is -2.35. The molecule has 0 heterocycles. The number of nitrogens with zero attached hydrogens (tertiary/aromatic N) is 1. The van der Waals surface area contributed by atoms with Gasteiger partial charge in [0.25, 0.3) is 0 Å². The highest BCUT2D eigenvalue weighted by molar-refractivity contribution is 5.19. The number of rotatable bonds is 7. The van der Waals surface area contributed by atoms with Crippen molar-refractivity contribution in [1.29, 1.82) is 0 Å². The van der Waals surface area contributed by atoms with E-state index in [0.29, 0.717) is 12.1 Å². The Labute approximate surface area is 106 Å². The molecule has 0 bridgehead atoms. The lowest BCUT2D eigenvalue weighted by Crippen LogP contribution is -2.40. The van der Waals surface area contributed by atoms with Gasteiger partial charge in [0.05, 0.1) is 0 Å². The van der Waals surface area contributed by atoms with Gasteiger partial charge < -0.3 is 5.32 Å². The molecule has 0 spiro atoms. The zero-order chi connectivity index (χ0) is 12.7. The van der Waals surface area contributed by atoms with E-state index < -0.39 is 0 Å². The average molecular weight is 234 g/mol. The highest BCUT2D eigenvalue weighted by Gasteiger charge is 2.21. The molecule has 0 aliphatic heterocycles. The minimum Gasteiger partial charge on any atom is -0.318 e. The van der Waals surface area contributed by atoms with Gasteiger partial charge in [-0.1, -0.05) is 44.2 Å². The Kier molecular flexibility index (Phi) is 6.23. The molecule has 17 heavy (non-hydrogen) atoms. The van der Waals surface area contributed by atoms with E-state index in [4.69, 9.17) is 0 Å². The molecule has 1 aromatic carbocycles. The highest BCUT2D eigenvalue weighted by atomic mass is 15.2. The quantitative estimate of drug-likeness (QED) is 0.780. The van der Waals surface area contributed by atoms with Gasteiger partial charge in [0, 0.05) is 18.6 Å². The highest BCUT2D eigenvalue weighted by Crippen LogP contribution is 2.23. The Morgan fingerprint density at radius 2 is 1.82 bits per heavy atom. The maximum Gasteiger partial charge on any atom is 0.0475 e. The zero-order valence-corrected chi connectivity index (χ0v) is 11.6. The number of hydrogen-bond acceptors (Lipinski definition) is 2. The molecule has 1 aromatic rings. The fraction of sp³-hybridized carbons (Fsp3) is 0.600. The summed E-state index contributed by atoms with van der Waals surface area (Å²) in [6, 6.07) is 11.9. The van der Waals surface area contributed by atoms with E-state index in [-0.39, 0.29) is 0 Å². The molecule has 0 aliphatic rings. The van der Waals surface area contributed by atoms with Crippen molar-refractivity contribution in [3.8, 4) is 0 Å². The molecular weight excluding hydrogens is 208 g/mol. The van der Waals surface area contributed by atoms with E-state index in [1.54, 1.807) is 0 Å². The molecule has 2 atom stereocenters. The van der Waals surface area contributed by atoms with Crippen molar-refractivity contribution in [2.24, 2.45) is 0 Å². The fourth-order valence-electron chi connectivity index (χ4n) is 2.37. The maximum absolute atomic E-state index is 3.32. The second-order valence-electron chi connectivity index (χ2n) is 4.57. The summed E-state index contributed by atoms with van der Waals surface area (Å²) in [7, 11) is 2.03. The predicted molar refractivity (Wildman–Crippen MR) is 75.2 cm³/mol. The first kappa shape index (κ1) is 14.2. The SMILES string of the molecule is CCC(C)N(CC)C(CNC)c1ccccc1. The molecule has 0 saturated heterocycles. The van der Waals surface area contributed by atoms with Crippen LogP contribution in [-0.2, 0) is 0 Å². The van der Waals surface area contributed by atoms with Crippen LogP contribution >= 0.6 is 0 Å². The summed E-state index contributed by atoms with van der Waals surface area (Å²) in [4.78, 5) is 2.58. The van der Waals surface area contributed by atoms with Crippen molar-refractivity contribution in [1.82, 2.24) is 10.2 Å². The van der Waals surface area contributed by atoms with E-state index >= 15 is 0 Å². The Morgan fingerprint density at radius 1 is 1.18 bits per heavy atom. The third-order valence-corrected chi connectivity index (χ3v) is 3.50. The van der Waals surface area contributed by atoms with Crippen LogP contribution in [0.2, 0.25) is 0 Å². The molecular formula is C15H26N2. The van der Waals surface area contributed by atoms with Crippen LogP contribution < -0.4 is 5.32 Å². The van der Waals surface area contributed by atoms with Gasteiger partial charge in [-0.3, -0.25) is 4.90 Å². The van der Waals surface area contributed by atoms with E-state index in [1.807, 2.05) is 7.05 Å². The first-order chi connectivity index (χ1) is 8.24. The van der Waals surface area contributed by atoms with Crippen LogP contribution in [0.1, 0.15) is 38.8 Å². The van der Waals surface area contributed by atoms with Gasteiger partial charge >= 0.3 is 0 Å². The summed E-state index contributed by atoms with van der Waals surface area (Å²) in [5.74, 6) is 0. The molecule has 0 fully saturated rings. The molecule has 0 aromatic heterocycles. The van der Waals surface area contributed by atoms with Gasteiger partial charge in [0.15, 0.2) is 0 Å². The zero-order valence-electron chi connectivity index (χ0n) is 11.6. The van der Waals surface area contributed by atoms with Gasteiger partial charge in [0.1, 0.15) is 0 Å². The normalized spacial score (nSPS) is 14.9. The number of benzene rings is 1. The summed E-state index contributed by atoms with van der Waals surface area (Å²) >= 11 is 0. The summed E-state index contributed by atoms with van der Waals surface area (Å²) in [6.45, 7) is 8.92. The van der Waals surface area contributed by atoms with E-state index in [9.17, 15) is 0 Å². The Bertz CT molecular complexity index is 297. The van der Waals surface area contributed by atoms with Crippen LogP contribution in [0.25, 0.3) is 0 Å². The van der Waals surface area contributed by atoms with Crippen molar-refractivity contribution < 1.29 is 0 Å². The van der Waals surface area contributed by atoms with E-state index in [1.165, 1.54) is 12.0 Å². The smallest absolute Gasteiger partial charge is 0.0475 e. The maximum atomic E-state index is 3.32. The standard InChI is InChI=1S/C15H26N2/c1-5-13(3)17(6-2)15(12-16-4)14-10-8-7-9-11-14/h7-11,13,15-16H,5-6,12H2,1-4H3. The summed E-state index contributed by atoms with van der Waals surface area (Å²) < 4.78 is 0. The lowest BCUT2D eigenvalue weighted by atomic mass is 10.0. The average Bonchev–Trinajstić information content (AvgIpc) is 2.39. The first-order valence-electron chi connectivity index (χ1n) is 6.69. The van der Waals surface area contributed by atoms with Gasteiger partial charge in [-0.05, 0) is 32.5 Å². The Balaban J connectivity index is 2.90. The summed E-state index contributed by atoms with van der Waals surface area (Å²) in [5.41, 5.74) is 1.41. The van der Waals surface area contributed by atoms with Crippen LogP contribution in [0.3, 0.4) is 0 Å². The van der Waals surface area contributed by atoms with Gasteiger partial charge in [-0.25, -0.2) is 0 Å². The van der Waals surface area contributed by atoms with Crippen LogP contribution in [0.4, 0.5) is 0 Å². The van der Waals surface area contributed by atoms with Crippen molar-refractivity contribution in [3.63, 3.8) is 0 Å². The van der Waals surface area contributed by atoms with Gasteiger partial charge in [0.2, 0.25) is 0 Å². The van der Waals surface area contributed by atoms with Crippen LogP contribution in [-0.4, -0.2) is 31.1 Å². The Hall–Kier alpha value is -0.860. The second kappa shape index (κ2) is 7.46. The Morgan fingerprint density at radius 3 is 2.29 bits per heavy atom. The number of hydrogen-bond donors (Lipinski definition) is 1. The minimum atomic E-state index is 0.473. The van der Waals surface area contributed by atoms with Crippen LogP contribution in [0.5, 0.6) is 0 Å². The minimum absolute atomic E-state index is 0.473. The molecule has 2 heteroatoms. The predicted octanol–water partition coefficient (Wildman–Crippen LogP) is 3.07. The van der Waals surface area contributed by atoms with E-state index in [2.05, 4.69) is 61.3 Å². The fourth-order valence-corrected chi connectivity index (χ4v) is 2.37. The van der Waals surface area contributed by atoms with Crippen LogP contribution in [0, 0.1) is 0 Å². The lowest BCUT2D eigenvalue weighted by molar-refractivity contribution is 0.147. The third-order valence-electron chi connectivity index (χ3n) is 3.50. The molecule has 2 nitrogen and oxygen atoms in total. The summed E-state index contributed by atoms with van der Waals surface area (Å²) in [6.07, 6.45) is 1.20. The molecule has 0 radical (unpaired) electrons. The molecule has 2 unspecified atom stereocenters. The van der Waals surface area contributed by atoms with Crippen molar-refractivity contribution in [2.75, 3.05) is 20.1 Å². The third kappa shape index (κ3) is 3.83. The molecule has 0 amide bonds. The molecule has 96 valence electrons. The molecule has 0 saturated carbocycles. The van der Waals surface area contributed by atoms with Crippen molar-refractivity contribution in [2.45, 2.75) is 39.3 Å². The van der Waals surface area contributed by atoms with Gasteiger partial charge in [-0.2, -0.15) is 0 Å². The molecule has 1 rings (SSSR count). The largest absolute Gasteiger partial charge is 0.318 e. The summed E-state index contributed by atoms with van der Waals surface area (Å²) in [5, 5.41) is 3.32. The topological polar surface area (TPSA) is 15.3 Å². The van der Waals surface area contributed by atoms with Crippen molar-refractivity contribution in [3.05, 3.63) is 35.9 Å². The van der Waals surface area contributed by atoms with Gasteiger partial charge in [-0.15, -0.1) is 0 Å².